The quantitative estimate of drug-likeness (QED) is 0.834. The highest BCUT2D eigenvalue weighted by Gasteiger charge is 2.09. The van der Waals surface area contributed by atoms with Crippen LogP contribution < -0.4 is 10.6 Å². The maximum absolute atomic E-state index is 5.33. The zero-order chi connectivity index (χ0) is 13.5. The number of hydrogen-bond acceptors (Lipinski definition) is 2. The van der Waals surface area contributed by atoms with Crippen molar-refractivity contribution in [3.8, 4) is 0 Å². The van der Waals surface area contributed by atoms with Crippen molar-refractivity contribution in [3.05, 3.63) is 60.4 Å². The van der Waals surface area contributed by atoms with Crippen LogP contribution in [0.1, 0.15) is 24.9 Å². The fourth-order valence-electron chi connectivity index (χ4n) is 1.87. The van der Waals surface area contributed by atoms with E-state index in [4.69, 9.17) is 12.2 Å². The number of thiocarbonyl (C=S) groups is 1. The summed E-state index contributed by atoms with van der Waals surface area (Å²) in [6.45, 7) is 2.14. The van der Waals surface area contributed by atoms with E-state index in [-0.39, 0.29) is 6.04 Å². The van der Waals surface area contributed by atoms with Crippen molar-refractivity contribution in [3.63, 3.8) is 0 Å². The molecule has 2 rings (SSSR count). The van der Waals surface area contributed by atoms with E-state index in [1.807, 2.05) is 30.3 Å². The van der Waals surface area contributed by atoms with Crippen LogP contribution in [-0.4, -0.2) is 10.1 Å². The van der Waals surface area contributed by atoms with Gasteiger partial charge in [-0.15, -0.1) is 0 Å². The van der Waals surface area contributed by atoms with Gasteiger partial charge in [0.05, 0.1) is 17.9 Å². The molecule has 0 saturated carbocycles. The standard InChI is InChI=1S/C15H17N3S/c1-2-14(12-7-4-3-5-8-12)18-15(19)17-13-9-6-10-16-11-13/h3-11,14H,2H2,1H3,(H2,17,18,19)/t14-/m1/s1. The van der Waals surface area contributed by atoms with Gasteiger partial charge in [0, 0.05) is 6.20 Å². The fourth-order valence-corrected chi connectivity index (χ4v) is 2.13. The molecule has 0 aliphatic carbocycles. The summed E-state index contributed by atoms with van der Waals surface area (Å²) in [5, 5.41) is 7.07. The lowest BCUT2D eigenvalue weighted by atomic mass is 10.1. The maximum Gasteiger partial charge on any atom is 0.171 e. The summed E-state index contributed by atoms with van der Waals surface area (Å²) in [4.78, 5) is 4.05. The van der Waals surface area contributed by atoms with Crippen molar-refractivity contribution >= 4 is 23.0 Å². The fraction of sp³-hybridized carbons (Fsp3) is 0.200. The molecule has 0 aliphatic heterocycles. The summed E-state index contributed by atoms with van der Waals surface area (Å²) in [5.74, 6) is 0. The Balaban J connectivity index is 1.97. The van der Waals surface area contributed by atoms with E-state index < -0.39 is 0 Å². The molecule has 0 unspecified atom stereocenters. The van der Waals surface area contributed by atoms with E-state index >= 15 is 0 Å². The Labute approximate surface area is 119 Å². The summed E-state index contributed by atoms with van der Waals surface area (Å²) in [7, 11) is 0. The Kier molecular flexibility index (Phi) is 4.86. The predicted octanol–water partition coefficient (Wildman–Crippen LogP) is 3.52. The number of pyridine rings is 1. The zero-order valence-corrected chi connectivity index (χ0v) is 11.7. The minimum absolute atomic E-state index is 0.220. The summed E-state index contributed by atoms with van der Waals surface area (Å²) >= 11 is 5.33. The molecule has 0 aliphatic rings. The molecule has 0 saturated heterocycles. The SMILES string of the molecule is CC[C@@H](NC(=S)Nc1cccnc1)c1ccccc1. The first kappa shape index (κ1) is 13.5. The van der Waals surface area contributed by atoms with Crippen molar-refractivity contribution in [2.24, 2.45) is 0 Å². The number of nitrogens with one attached hydrogen (secondary N) is 2. The van der Waals surface area contributed by atoms with Gasteiger partial charge in [0.15, 0.2) is 5.11 Å². The summed E-state index contributed by atoms with van der Waals surface area (Å²) < 4.78 is 0. The van der Waals surface area contributed by atoms with Gasteiger partial charge in [0.25, 0.3) is 0 Å². The molecule has 2 N–H and O–H groups in total. The number of hydrogen-bond donors (Lipinski definition) is 2. The van der Waals surface area contributed by atoms with Gasteiger partial charge in [-0.1, -0.05) is 37.3 Å². The Hall–Kier alpha value is -1.94. The molecule has 0 radical (unpaired) electrons. The van der Waals surface area contributed by atoms with Crippen molar-refractivity contribution in [1.29, 1.82) is 0 Å². The van der Waals surface area contributed by atoms with E-state index in [1.54, 1.807) is 12.4 Å². The van der Waals surface area contributed by atoms with Crippen molar-refractivity contribution in [2.45, 2.75) is 19.4 Å². The van der Waals surface area contributed by atoms with Gasteiger partial charge in [-0.3, -0.25) is 4.98 Å². The third kappa shape index (κ3) is 4.03. The highest BCUT2D eigenvalue weighted by Crippen LogP contribution is 2.16. The third-order valence-electron chi connectivity index (χ3n) is 2.83. The molecule has 1 aromatic heterocycles. The van der Waals surface area contributed by atoms with Crippen LogP contribution in [0.5, 0.6) is 0 Å². The van der Waals surface area contributed by atoms with Crippen LogP contribution in [0.4, 0.5) is 5.69 Å². The summed E-state index contributed by atoms with van der Waals surface area (Å²) in [6.07, 6.45) is 4.46. The molecule has 2 aromatic rings. The topological polar surface area (TPSA) is 37.0 Å². The largest absolute Gasteiger partial charge is 0.356 e. The van der Waals surface area contributed by atoms with Crippen LogP contribution in [0.15, 0.2) is 54.9 Å². The lowest BCUT2D eigenvalue weighted by molar-refractivity contribution is 0.629. The van der Waals surface area contributed by atoms with Crippen molar-refractivity contribution < 1.29 is 0 Å². The van der Waals surface area contributed by atoms with Crippen molar-refractivity contribution in [2.75, 3.05) is 5.32 Å². The third-order valence-corrected chi connectivity index (χ3v) is 3.05. The van der Waals surface area contributed by atoms with Gasteiger partial charge < -0.3 is 10.6 Å². The Morgan fingerprint density at radius 3 is 2.63 bits per heavy atom. The van der Waals surface area contributed by atoms with Crippen LogP contribution in [0.2, 0.25) is 0 Å². The second-order valence-electron chi connectivity index (χ2n) is 4.21. The molecule has 1 aromatic carbocycles. The first-order valence-corrected chi connectivity index (χ1v) is 6.73. The minimum atomic E-state index is 0.220. The van der Waals surface area contributed by atoms with Gasteiger partial charge in [-0.05, 0) is 36.3 Å². The molecule has 1 heterocycles. The Morgan fingerprint density at radius 2 is 2.00 bits per heavy atom. The number of anilines is 1. The normalized spacial score (nSPS) is 11.6. The van der Waals surface area contributed by atoms with Gasteiger partial charge >= 0.3 is 0 Å². The van der Waals surface area contributed by atoms with Gasteiger partial charge in [0.1, 0.15) is 0 Å². The first-order chi connectivity index (χ1) is 9.29. The van der Waals surface area contributed by atoms with E-state index in [1.165, 1.54) is 5.56 Å². The molecule has 0 fully saturated rings. The Bertz CT molecular complexity index is 513. The molecule has 98 valence electrons. The molecular weight excluding hydrogens is 254 g/mol. The minimum Gasteiger partial charge on any atom is -0.356 e. The lowest BCUT2D eigenvalue weighted by Crippen LogP contribution is -2.32. The Morgan fingerprint density at radius 1 is 1.21 bits per heavy atom. The smallest absolute Gasteiger partial charge is 0.171 e. The summed E-state index contributed by atoms with van der Waals surface area (Å²) in [6, 6.07) is 14.3. The van der Waals surface area contributed by atoms with E-state index in [0.29, 0.717) is 5.11 Å². The van der Waals surface area contributed by atoms with Crippen molar-refractivity contribution in [1.82, 2.24) is 10.3 Å². The second-order valence-corrected chi connectivity index (χ2v) is 4.62. The van der Waals surface area contributed by atoms with Gasteiger partial charge in [-0.2, -0.15) is 0 Å². The van der Waals surface area contributed by atoms with Gasteiger partial charge in [0.2, 0.25) is 0 Å². The highest BCUT2D eigenvalue weighted by molar-refractivity contribution is 7.80. The van der Waals surface area contributed by atoms with Crippen LogP contribution in [0.25, 0.3) is 0 Å². The molecule has 3 nitrogen and oxygen atoms in total. The maximum atomic E-state index is 5.33. The van der Waals surface area contributed by atoms with Crippen LogP contribution >= 0.6 is 12.2 Å². The number of rotatable bonds is 4. The average molecular weight is 271 g/mol. The second kappa shape index (κ2) is 6.85. The van der Waals surface area contributed by atoms with E-state index in [0.717, 1.165) is 12.1 Å². The van der Waals surface area contributed by atoms with Crippen LogP contribution in [0, 0.1) is 0 Å². The van der Waals surface area contributed by atoms with Crippen LogP contribution in [-0.2, 0) is 0 Å². The highest BCUT2D eigenvalue weighted by atomic mass is 32.1. The average Bonchev–Trinajstić information content (AvgIpc) is 2.47. The molecule has 1 atom stereocenters. The monoisotopic (exact) mass is 271 g/mol. The zero-order valence-electron chi connectivity index (χ0n) is 10.8. The molecule has 0 amide bonds. The lowest BCUT2D eigenvalue weighted by Gasteiger charge is -2.19. The molecule has 0 spiro atoms. The summed E-state index contributed by atoms with van der Waals surface area (Å²) in [5.41, 5.74) is 2.13. The number of nitrogens with zero attached hydrogens (tertiary/aromatic N) is 1. The van der Waals surface area contributed by atoms with E-state index in [9.17, 15) is 0 Å². The number of aromatic nitrogens is 1. The number of benzene rings is 1. The van der Waals surface area contributed by atoms with Gasteiger partial charge in [-0.25, -0.2) is 0 Å². The predicted molar refractivity (Wildman–Crippen MR) is 83.1 cm³/mol. The van der Waals surface area contributed by atoms with E-state index in [2.05, 4.69) is 34.7 Å². The molecule has 4 heteroatoms. The molecule has 0 bridgehead atoms. The van der Waals surface area contributed by atoms with Crippen LogP contribution in [0.3, 0.4) is 0 Å². The first-order valence-electron chi connectivity index (χ1n) is 6.32. The molecule has 19 heavy (non-hydrogen) atoms. The molecular formula is C15H17N3S.